The zero-order valence-electron chi connectivity index (χ0n) is 18.7. The molecule has 1 unspecified atom stereocenters. The van der Waals surface area contributed by atoms with Crippen molar-refractivity contribution in [3.8, 4) is 17.1 Å². The van der Waals surface area contributed by atoms with E-state index >= 15 is 0 Å². The van der Waals surface area contributed by atoms with Crippen LogP contribution in [0.1, 0.15) is 42.9 Å². The van der Waals surface area contributed by atoms with Gasteiger partial charge in [0.25, 0.3) is 0 Å². The minimum absolute atomic E-state index is 0.00102. The molecule has 1 atom stereocenters. The predicted molar refractivity (Wildman–Crippen MR) is 118 cm³/mol. The third-order valence-corrected chi connectivity index (χ3v) is 5.75. The van der Waals surface area contributed by atoms with Gasteiger partial charge in [-0.2, -0.15) is 22.0 Å². The topological polar surface area (TPSA) is 47.4 Å². The molecule has 0 fully saturated rings. The van der Waals surface area contributed by atoms with Gasteiger partial charge < -0.3 is 4.74 Å². The third kappa shape index (κ3) is 5.66. The number of nitrogens with zero attached hydrogens (tertiary/aromatic N) is 3. The van der Waals surface area contributed by atoms with Crippen molar-refractivity contribution >= 4 is 5.71 Å². The van der Waals surface area contributed by atoms with Gasteiger partial charge in [-0.25, -0.2) is 8.78 Å². The van der Waals surface area contributed by atoms with Gasteiger partial charge >= 0.3 is 12.1 Å². The van der Waals surface area contributed by atoms with E-state index in [4.69, 9.17) is 4.74 Å². The van der Waals surface area contributed by atoms with Crippen molar-refractivity contribution in [3.63, 3.8) is 0 Å². The first kappa shape index (κ1) is 25.6. The zero-order valence-corrected chi connectivity index (χ0v) is 18.7. The molecule has 0 bridgehead atoms. The van der Waals surface area contributed by atoms with Crippen LogP contribution in [-0.2, 0) is 0 Å². The van der Waals surface area contributed by atoms with Crippen LogP contribution in [0.4, 0.5) is 30.7 Å². The lowest BCUT2D eigenvalue weighted by Gasteiger charge is -2.19. The Hall–Kier alpha value is -3.50. The van der Waals surface area contributed by atoms with E-state index in [0.29, 0.717) is 29.8 Å². The Kier molecular flexibility index (Phi) is 7.28. The molecule has 11 heteroatoms. The van der Waals surface area contributed by atoms with E-state index in [-0.39, 0.29) is 24.1 Å². The molecule has 1 aromatic heterocycles. The molecule has 1 aliphatic rings. The van der Waals surface area contributed by atoms with Crippen molar-refractivity contribution in [1.29, 1.82) is 0 Å². The fourth-order valence-electron chi connectivity index (χ4n) is 3.83. The van der Waals surface area contributed by atoms with Crippen LogP contribution < -0.4 is 4.74 Å². The summed E-state index contributed by atoms with van der Waals surface area (Å²) >= 11 is 0. The van der Waals surface area contributed by atoms with Crippen LogP contribution in [-0.4, -0.2) is 34.6 Å². The number of ether oxygens (including phenoxy) is 1. The Bertz CT molecular complexity index is 1210. The van der Waals surface area contributed by atoms with Crippen LogP contribution in [0.5, 0.6) is 5.88 Å². The summed E-state index contributed by atoms with van der Waals surface area (Å²) in [6.45, 7) is -0.366. The molecule has 0 saturated heterocycles. The third-order valence-electron chi connectivity index (χ3n) is 5.75. The monoisotopic (exact) mass is 511 g/mol. The van der Waals surface area contributed by atoms with Gasteiger partial charge in [0.15, 0.2) is 0 Å². The van der Waals surface area contributed by atoms with Crippen LogP contribution >= 0.6 is 0 Å². The maximum Gasteiger partial charge on any atom is 0.453 e. The minimum atomic E-state index is -5.59. The second-order valence-electron chi connectivity index (χ2n) is 8.26. The summed E-state index contributed by atoms with van der Waals surface area (Å²) in [7, 11) is 0. The van der Waals surface area contributed by atoms with Crippen LogP contribution in [0.25, 0.3) is 11.3 Å². The molecular weight excluding hydrogens is 491 g/mol. The second kappa shape index (κ2) is 10.2. The molecule has 0 spiro atoms. The highest BCUT2D eigenvalue weighted by molar-refractivity contribution is 6.02. The normalized spacial score (nSPS) is 16.2. The van der Waals surface area contributed by atoms with E-state index in [2.05, 4.69) is 15.2 Å². The number of benzene rings is 2. The first-order chi connectivity index (χ1) is 17.0. The van der Waals surface area contributed by atoms with E-state index < -0.39 is 36.6 Å². The number of aromatic nitrogens is 2. The predicted octanol–water partition coefficient (Wildman–Crippen LogP) is 7.10. The average molecular weight is 511 g/mol. The molecule has 4 rings (SSSR count). The molecule has 0 aliphatic carbocycles. The summed E-state index contributed by atoms with van der Waals surface area (Å²) in [6.07, 6.45) is -6.41. The molecule has 0 saturated carbocycles. The lowest BCUT2D eigenvalue weighted by Crippen LogP contribution is -2.36. The fourth-order valence-corrected chi connectivity index (χ4v) is 3.83. The highest BCUT2D eigenvalue weighted by Gasteiger charge is 2.56. The van der Waals surface area contributed by atoms with Gasteiger partial charge in [-0.1, -0.05) is 30.3 Å². The highest BCUT2D eigenvalue weighted by atomic mass is 19.4. The molecule has 1 aliphatic heterocycles. The summed E-state index contributed by atoms with van der Waals surface area (Å²) in [5.74, 6) is -6.05. The molecule has 0 radical (unpaired) electrons. The fraction of sp³-hybridized carbons (Fsp3) is 0.320. The van der Waals surface area contributed by atoms with Crippen molar-refractivity contribution in [1.82, 2.24) is 10.2 Å². The standard InChI is InChI=1S/C25H20F7N3O/c26-17-3-1-4-18(27)23(17)21-10-9-19(33-21)15-5-7-16(8-6-15)20-11-12-22(35-34-20)36-14-2-13-24(28,29)25(30,31)32/h1,3-8,11-12,19H,2,9-10,13-14H2. The van der Waals surface area contributed by atoms with E-state index in [1.54, 1.807) is 18.2 Å². The SMILES string of the molecule is Fc1cccc(F)c1C1=NC(c2ccc(-c3ccc(OCCCC(F)(F)C(F)(F)F)nn3)cc2)CC1. The van der Waals surface area contributed by atoms with Gasteiger partial charge in [-0.3, -0.25) is 4.99 Å². The van der Waals surface area contributed by atoms with E-state index in [9.17, 15) is 30.7 Å². The first-order valence-corrected chi connectivity index (χ1v) is 11.1. The molecule has 0 N–H and O–H groups in total. The summed E-state index contributed by atoms with van der Waals surface area (Å²) in [5, 5.41) is 7.82. The largest absolute Gasteiger partial charge is 0.477 e. The lowest BCUT2D eigenvalue weighted by atomic mass is 10.0. The van der Waals surface area contributed by atoms with E-state index in [1.165, 1.54) is 24.3 Å². The first-order valence-electron chi connectivity index (χ1n) is 11.1. The molecule has 4 nitrogen and oxygen atoms in total. The van der Waals surface area contributed by atoms with E-state index in [1.807, 2.05) is 12.1 Å². The Balaban J connectivity index is 1.35. The quantitative estimate of drug-likeness (QED) is 0.239. The van der Waals surface area contributed by atoms with Crippen molar-refractivity contribution in [2.24, 2.45) is 4.99 Å². The number of alkyl halides is 5. The molecule has 3 aromatic rings. The van der Waals surface area contributed by atoms with Crippen LogP contribution in [0.3, 0.4) is 0 Å². The van der Waals surface area contributed by atoms with Crippen LogP contribution in [0.15, 0.2) is 59.6 Å². The van der Waals surface area contributed by atoms with Gasteiger partial charge in [0, 0.05) is 23.8 Å². The second-order valence-corrected chi connectivity index (χ2v) is 8.26. The molecule has 0 amide bonds. The van der Waals surface area contributed by atoms with Crippen molar-refractivity contribution < 1.29 is 35.5 Å². The van der Waals surface area contributed by atoms with Gasteiger partial charge in [0.2, 0.25) is 5.88 Å². The van der Waals surface area contributed by atoms with Gasteiger partial charge in [0.1, 0.15) is 11.6 Å². The minimum Gasteiger partial charge on any atom is -0.477 e. The smallest absolute Gasteiger partial charge is 0.453 e. The number of hydrogen-bond acceptors (Lipinski definition) is 4. The summed E-state index contributed by atoms with van der Waals surface area (Å²) in [4.78, 5) is 4.51. The van der Waals surface area contributed by atoms with Crippen molar-refractivity contribution in [2.45, 2.75) is 43.8 Å². The molecule has 2 heterocycles. The lowest BCUT2D eigenvalue weighted by molar-refractivity contribution is -0.284. The Morgan fingerprint density at radius 3 is 2.17 bits per heavy atom. The van der Waals surface area contributed by atoms with Crippen molar-refractivity contribution in [3.05, 3.63) is 77.4 Å². The Labute approximate surface area is 201 Å². The van der Waals surface area contributed by atoms with Gasteiger partial charge in [-0.15, -0.1) is 10.2 Å². The molecule has 36 heavy (non-hydrogen) atoms. The number of hydrogen-bond donors (Lipinski definition) is 0. The van der Waals surface area contributed by atoms with Crippen molar-refractivity contribution in [2.75, 3.05) is 6.61 Å². The van der Waals surface area contributed by atoms with Gasteiger partial charge in [0.05, 0.1) is 23.9 Å². The average Bonchev–Trinajstić information content (AvgIpc) is 3.31. The van der Waals surface area contributed by atoms with Crippen LogP contribution in [0, 0.1) is 11.6 Å². The Morgan fingerprint density at radius 1 is 0.861 bits per heavy atom. The maximum absolute atomic E-state index is 14.1. The van der Waals surface area contributed by atoms with Crippen LogP contribution in [0.2, 0.25) is 0 Å². The number of halogens is 7. The maximum atomic E-state index is 14.1. The molecule has 2 aromatic carbocycles. The summed E-state index contributed by atoms with van der Waals surface area (Å²) in [6, 6.07) is 13.7. The number of aliphatic imine (C=N–C) groups is 1. The molecular formula is C25H20F7N3O. The molecule has 190 valence electrons. The highest BCUT2D eigenvalue weighted by Crippen LogP contribution is 2.39. The zero-order chi connectivity index (χ0) is 25.9. The van der Waals surface area contributed by atoms with E-state index in [0.717, 1.165) is 5.56 Å². The summed E-state index contributed by atoms with van der Waals surface area (Å²) in [5.41, 5.74) is 2.37. The number of rotatable bonds is 8. The Morgan fingerprint density at radius 2 is 1.56 bits per heavy atom. The summed E-state index contributed by atoms with van der Waals surface area (Å²) < 4.78 is 95.6. The van der Waals surface area contributed by atoms with Gasteiger partial charge in [-0.05, 0) is 43.0 Å².